The Labute approximate surface area is 232 Å². The van der Waals surface area contributed by atoms with Gasteiger partial charge < -0.3 is 10.2 Å². The molecule has 1 aromatic heterocycles. The number of rotatable bonds is 9. The Balaban J connectivity index is 1.82. The Morgan fingerprint density at radius 3 is 2.39 bits per heavy atom. The van der Waals surface area contributed by atoms with Gasteiger partial charge in [-0.3, -0.25) is 4.31 Å². The largest absolute Gasteiger partial charge is 0.365 e. The van der Waals surface area contributed by atoms with E-state index < -0.39 is 10.0 Å². The maximum absolute atomic E-state index is 11.8. The van der Waals surface area contributed by atoms with E-state index in [4.69, 9.17) is 11.6 Å². The van der Waals surface area contributed by atoms with Gasteiger partial charge in [-0.05, 0) is 47.9 Å². The van der Waals surface area contributed by atoms with Gasteiger partial charge in [-0.25, -0.2) is 18.2 Å². The van der Waals surface area contributed by atoms with E-state index in [2.05, 4.69) is 41.9 Å². The van der Waals surface area contributed by atoms with Crippen molar-refractivity contribution in [2.75, 3.05) is 42.1 Å². The Morgan fingerprint density at radius 2 is 1.89 bits per heavy atom. The first-order chi connectivity index (χ1) is 17.9. The van der Waals surface area contributed by atoms with Gasteiger partial charge in [-0.15, -0.1) is 11.8 Å². The van der Waals surface area contributed by atoms with Gasteiger partial charge in [0.05, 0.1) is 24.1 Å². The number of pyridine rings is 1. The van der Waals surface area contributed by atoms with Crippen molar-refractivity contribution in [1.29, 1.82) is 5.26 Å². The number of hydrogen-bond donors (Lipinski definition) is 1. The van der Waals surface area contributed by atoms with Crippen LogP contribution in [0.1, 0.15) is 57.2 Å². The fourth-order valence-corrected chi connectivity index (χ4v) is 5.85. The summed E-state index contributed by atoms with van der Waals surface area (Å²) in [6.07, 6.45) is 3.72. The first-order valence-corrected chi connectivity index (χ1v) is 15.7. The summed E-state index contributed by atoms with van der Waals surface area (Å²) in [5.41, 5.74) is 3.54. The molecule has 0 radical (unpaired) electrons. The molecule has 2 aromatic rings. The number of sulfonamides is 1. The molecule has 1 fully saturated rings. The van der Waals surface area contributed by atoms with Gasteiger partial charge in [0.2, 0.25) is 15.7 Å². The number of nitrogens with one attached hydrogen (secondary N) is 1. The number of aromatic nitrogens is 1. The fourth-order valence-electron chi connectivity index (χ4n) is 4.38. The van der Waals surface area contributed by atoms with Crippen molar-refractivity contribution in [1.82, 2.24) is 10.3 Å². The zero-order valence-electron chi connectivity index (χ0n) is 23.2. The molecule has 0 atom stereocenters. The number of nitriles is 1. The summed E-state index contributed by atoms with van der Waals surface area (Å²) in [7, 11) is -1.80. The average molecular weight is 555 g/mol. The SMILES string of the molecule is [C-]#[N+]c1c(N2CCC(NCC(C)(C)C)CC2)nc(SCc2ccc(N(C)S(C)(=O)=O)cc2)c(C#N)c1CC. The smallest absolute Gasteiger partial charge is 0.232 e. The molecule has 1 N–H and O–H groups in total. The van der Waals surface area contributed by atoms with Crippen LogP contribution in [0, 0.1) is 23.3 Å². The molecule has 2 heterocycles. The second-order valence-electron chi connectivity index (χ2n) is 10.9. The second kappa shape index (κ2) is 12.4. The minimum atomic E-state index is -3.33. The van der Waals surface area contributed by atoms with Crippen molar-refractivity contribution in [2.24, 2.45) is 5.41 Å². The van der Waals surface area contributed by atoms with Crippen molar-refractivity contribution in [3.8, 4) is 6.07 Å². The summed E-state index contributed by atoms with van der Waals surface area (Å²) < 4.78 is 24.9. The molecule has 204 valence electrons. The van der Waals surface area contributed by atoms with E-state index in [0.29, 0.717) is 46.0 Å². The number of hydrogen-bond acceptors (Lipinski definition) is 7. The van der Waals surface area contributed by atoms with Gasteiger partial charge in [0, 0.05) is 38.5 Å². The predicted molar refractivity (Wildman–Crippen MR) is 157 cm³/mol. The standard InChI is InChI=1S/C28H38N6O2S2/c1-8-23-24(17-29)27(37-18-20-9-11-22(12-10-20)33(6)38(7,35)36)32-26(25(23)30-5)34-15-13-21(14-16-34)31-19-28(2,3)4/h9-12,21,31H,8,13-16,18-19H2,1-4,6-7H3. The van der Waals surface area contributed by atoms with Crippen LogP contribution < -0.4 is 14.5 Å². The summed E-state index contributed by atoms with van der Waals surface area (Å²) in [5.74, 6) is 1.25. The lowest BCUT2D eigenvalue weighted by Gasteiger charge is -2.35. The van der Waals surface area contributed by atoms with Gasteiger partial charge >= 0.3 is 0 Å². The van der Waals surface area contributed by atoms with E-state index >= 15 is 0 Å². The lowest BCUT2D eigenvalue weighted by Crippen LogP contribution is -2.45. The minimum absolute atomic E-state index is 0.231. The molecule has 10 heteroatoms. The molecule has 0 amide bonds. The summed E-state index contributed by atoms with van der Waals surface area (Å²) >= 11 is 1.48. The molecule has 1 aromatic carbocycles. The normalized spacial score (nSPS) is 14.7. The maximum atomic E-state index is 11.8. The van der Waals surface area contributed by atoms with Crippen LogP contribution in [0.25, 0.3) is 4.85 Å². The zero-order valence-corrected chi connectivity index (χ0v) is 24.8. The van der Waals surface area contributed by atoms with Gasteiger partial charge in [0.1, 0.15) is 16.9 Å². The quantitative estimate of drug-likeness (QED) is 0.329. The van der Waals surface area contributed by atoms with E-state index in [1.165, 1.54) is 29.4 Å². The van der Waals surface area contributed by atoms with Gasteiger partial charge in [0.15, 0.2) is 0 Å². The molecule has 8 nitrogen and oxygen atoms in total. The lowest BCUT2D eigenvalue weighted by molar-refractivity contribution is 0.324. The Kier molecular flexibility index (Phi) is 9.69. The number of piperidine rings is 1. The highest BCUT2D eigenvalue weighted by molar-refractivity contribution is 7.98. The number of benzene rings is 1. The number of nitrogens with zero attached hydrogens (tertiary/aromatic N) is 5. The van der Waals surface area contributed by atoms with E-state index in [9.17, 15) is 13.7 Å². The van der Waals surface area contributed by atoms with Gasteiger partial charge in [-0.2, -0.15) is 5.26 Å². The molecule has 1 aliphatic heterocycles. The molecule has 38 heavy (non-hydrogen) atoms. The molecule has 0 unspecified atom stereocenters. The third kappa shape index (κ3) is 7.41. The Morgan fingerprint density at radius 1 is 1.26 bits per heavy atom. The van der Waals surface area contributed by atoms with Crippen LogP contribution >= 0.6 is 11.8 Å². The Hall–Kier alpha value is -2.79. The van der Waals surface area contributed by atoms with Gasteiger partial charge in [-0.1, -0.05) is 39.8 Å². The van der Waals surface area contributed by atoms with E-state index in [-0.39, 0.29) is 5.41 Å². The van der Waals surface area contributed by atoms with Crippen LogP contribution in [-0.2, 0) is 22.2 Å². The van der Waals surface area contributed by atoms with Gasteiger partial charge in [0.25, 0.3) is 0 Å². The highest BCUT2D eigenvalue weighted by Gasteiger charge is 2.27. The molecular weight excluding hydrogens is 516 g/mol. The van der Waals surface area contributed by atoms with Crippen molar-refractivity contribution in [3.05, 3.63) is 52.4 Å². The summed E-state index contributed by atoms with van der Waals surface area (Å²) in [6, 6.07) is 10.1. The predicted octanol–water partition coefficient (Wildman–Crippen LogP) is 5.36. The Bertz CT molecular complexity index is 1310. The van der Waals surface area contributed by atoms with Crippen molar-refractivity contribution in [2.45, 2.75) is 63.8 Å². The first kappa shape index (κ1) is 29.8. The van der Waals surface area contributed by atoms with E-state index in [0.717, 1.165) is 43.6 Å². The molecule has 1 saturated heterocycles. The summed E-state index contributed by atoms with van der Waals surface area (Å²) in [4.78, 5) is 10.9. The minimum Gasteiger partial charge on any atom is -0.365 e. The molecule has 0 spiro atoms. The number of thioether (sulfide) groups is 1. The molecule has 0 aliphatic carbocycles. The first-order valence-electron chi connectivity index (χ1n) is 12.9. The van der Waals surface area contributed by atoms with Crippen LogP contribution in [0.2, 0.25) is 0 Å². The van der Waals surface area contributed by atoms with E-state index in [1.807, 2.05) is 19.1 Å². The number of anilines is 2. The molecular formula is C28H38N6O2S2. The molecule has 0 bridgehead atoms. The van der Waals surface area contributed by atoms with E-state index in [1.54, 1.807) is 12.1 Å². The van der Waals surface area contributed by atoms with Crippen molar-refractivity contribution in [3.63, 3.8) is 0 Å². The fraction of sp³-hybridized carbons (Fsp3) is 0.536. The lowest BCUT2D eigenvalue weighted by atomic mass is 9.95. The molecule has 0 saturated carbocycles. The van der Waals surface area contributed by atoms with Crippen molar-refractivity contribution < 1.29 is 8.42 Å². The highest BCUT2D eigenvalue weighted by atomic mass is 32.2. The second-order valence-corrected chi connectivity index (χ2v) is 13.9. The topological polar surface area (TPSA) is 93.7 Å². The van der Waals surface area contributed by atoms with Crippen LogP contribution in [0.3, 0.4) is 0 Å². The summed E-state index contributed by atoms with van der Waals surface area (Å²) in [6.45, 7) is 19.1. The molecule has 3 rings (SSSR count). The van der Waals surface area contributed by atoms with Crippen molar-refractivity contribution >= 4 is 39.0 Å². The third-order valence-corrected chi connectivity index (χ3v) is 8.94. The summed E-state index contributed by atoms with van der Waals surface area (Å²) in [5, 5.41) is 14.3. The monoisotopic (exact) mass is 554 g/mol. The third-order valence-electron chi connectivity index (χ3n) is 6.69. The van der Waals surface area contributed by atoms with Crippen LogP contribution in [0.15, 0.2) is 29.3 Å². The van der Waals surface area contributed by atoms with Crippen LogP contribution in [0.5, 0.6) is 0 Å². The maximum Gasteiger partial charge on any atom is 0.232 e. The molecule has 1 aliphatic rings. The average Bonchev–Trinajstić information content (AvgIpc) is 2.88. The van der Waals surface area contributed by atoms with Crippen LogP contribution in [0.4, 0.5) is 17.2 Å². The highest BCUT2D eigenvalue weighted by Crippen LogP contribution is 2.39. The zero-order chi connectivity index (χ0) is 28.1. The van der Waals surface area contributed by atoms with Crippen LogP contribution in [-0.4, -0.2) is 52.4 Å².